The van der Waals surface area contributed by atoms with E-state index in [-0.39, 0.29) is 16.5 Å². The van der Waals surface area contributed by atoms with Gasteiger partial charge in [0.2, 0.25) is 0 Å². The van der Waals surface area contributed by atoms with Gasteiger partial charge in [-0.2, -0.15) is 0 Å². The molecule has 8 heteroatoms. The highest BCUT2D eigenvalue weighted by atomic mass is 32.2. The predicted molar refractivity (Wildman–Crippen MR) is 83.6 cm³/mol. The van der Waals surface area contributed by atoms with Crippen molar-refractivity contribution in [3.8, 4) is 0 Å². The standard InChI is InChI=1S/C14H15NO5S2/c1-19-10-15(11-6-4-3-5-7-11)22(17,18)12-8-9-21-13(12)14(16)20-2/h3-9H,10H2,1-2H3. The fourth-order valence-electron chi connectivity index (χ4n) is 1.86. The normalized spacial score (nSPS) is 11.2. The second-order valence-electron chi connectivity index (χ2n) is 4.21. The maximum Gasteiger partial charge on any atom is 0.349 e. The molecule has 2 aromatic rings. The number of anilines is 1. The summed E-state index contributed by atoms with van der Waals surface area (Å²) in [5.74, 6) is -0.681. The van der Waals surface area contributed by atoms with E-state index in [0.29, 0.717) is 5.69 Å². The van der Waals surface area contributed by atoms with Crippen LogP contribution in [-0.4, -0.2) is 35.3 Å². The van der Waals surface area contributed by atoms with Crippen LogP contribution < -0.4 is 4.31 Å². The smallest absolute Gasteiger partial charge is 0.349 e. The van der Waals surface area contributed by atoms with Crippen molar-refractivity contribution in [2.75, 3.05) is 25.3 Å². The Morgan fingerprint density at radius 3 is 2.45 bits per heavy atom. The number of hydrogen-bond donors (Lipinski definition) is 0. The average molecular weight is 341 g/mol. The molecule has 0 aliphatic rings. The average Bonchev–Trinajstić information content (AvgIpc) is 3.03. The van der Waals surface area contributed by atoms with Crippen LogP contribution in [0.5, 0.6) is 0 Å². The van der Waals surface area contributed by atoms with Crippen LogP contribution >= 0.6 is 11.3 Å². The van der Waals surface area contributed by atoms with Crippen molar-refractivity contribution in [1.82, 2.24) is 0 Å². The molecular weight excluding hydrogens is 326 g/mol. The van der Waals surface area contributed by atoms with Crippen molar-refractivity contribution in [2.24, 2.45) is 0 Å². The van der Waals surface area contributed by atoms with Gasteiger partial charge in [0.15, 0.2) is 0 Å². The molecule has 6 nitrogen and oxygen atoms in total. The lowest BCUT2D eigenvalue weighted by molar-refractivity contribution is 0.0602. The molecule has 1 aromatic carbocycles. The van der Waals surface area contributed by atoms with Gasteiger partial charge in [-0.15, -0.1) is 11.3 Å². The summed E-state index contributed by atoms with van der Waals surface area (Å²) in [4.78, 5) is 11.7. The molecule has 0 bridgehead atoms. The SMILES string of the molecule is COCN(c1ccccc1)S(=O)(=O)c1ccsc1C(=O)OC. The summed E-state index contributed by atoms with van der Waals surface area (Å²) in [5.41, 5.74) is 0.450. The molecule has 22 heavy (non-hydrogen) atoms. The van der Waals surface area contributed by atoms with Crippen molar-refractivity contribution >= 4 is 33.0 Å². The quantitative estimate of drug-likeness (QED) is 0.595. The third-order valence-electron chi connectivity index (χ3n) is 2.86. The molecule has 0 saturated heterocycles. The third kappa shape index (κ3) is 3.13. The molecular formula is C14H15NO5S2. The van der Waals surface area contributed by atoms with Crippen molar-refractivity contribution in [3.63, 3.8) is 0 Å². The summed E-state index contributed by atoms with van der Waals surface area (Å²) in [7, 11) is -1.33. The predicted octanol–water partition coefficient (Wildman–Crippen LogP) is 2.33. The number of nitrogens with zero attached hydrogens (tertiary/aromatic N) is 1. The fraction of sp³-hybridized carbons (Fsp3) is 0.214. The van der Waals surface area contributed by atoms with Crippen LogP contribution in [0.1, 0.15) is 9.67 Å². The number of carbonyl (C=O) groups is 1. The van der Waals surface area contributed by atoms with Gasteiger partial charge in [-0.1, -0.05) is 18.2 Å². The summed E-state index contributed by atoms with van der Waals surface area (Å²) in [5, 5.41) is 1.54. The second kappa shape index (κ2) is 6.91. The maximum atomic E-state index is 12.9. The van der Waals surface area contributed by atoms with E-state index in [4.69, 9.17) is 4.74 Å². The van der Waals surface area contributed by atoms with E-state index in [9.17, 15) is 13.2 Å². The molecule has 0 N–H and O–H groups in total. The monoisotopic (exact) mass is 341 g/mol. The third-order valence-corrected chi connectivity index (χ3v) is 5.67. The van der Waals surface area contributed by atoms with E-state index in [2.05, 4.69) is 4.74 Å². The Morgan fingerprint density at radius 2 is 1.86 bits per heavy atom. The number of carbonyl (C=O) groups excluding carboxylic acids is 1. The van der Waals surface area contributed by atoms with Gasteiger partial charge in [-0.3, -0.25) is 0 Å². The summed E-state index contributed by atoms with van der Waals surface area (Å²) in [6, 6.07) is 9.93. The second-order valence-corrected chi connectivity index (χ2v) is 6.96. The summed E-state index contributed by atoms with van der Waals surface area (Å²) in [6.07, 6.45) is 0. The summed E-state index contributed by atoms with van der Waals surface area (Å²) in [6.45, 7) is -0.164. The minimum Gasteiger partial charge on any atom is -0.465 e. The van der Waals surface area contributed by atoms with Crippen LogP contribution in [0, 0.1) is 0 Å². The van der Waals surface area contributed by atoms with E-state index in [1.807, 2.05) is 0 Å². The van der Waals surface area contributed by atoms with Crippen LogP contribution in [-0.2, 0) is 19.5 Å². The van der Waals surface area contributed by atoms with Crippen LogP contribution in [0.25, 0.3) is 0 Å². The zero-order valence-electron chi connectivity index (χ0n) is 12.1. The molecule has 0 atom stereocenters. The zero-order valence-corrected chi connectivity index (χ0v) is 13.7. The molecule has 0 aliphatic carbocycles. The molecule has 0 aliphatic heterocycles. The number of benzene rings is 1. The van der Waals surface area contributed by atoms with Gasteiger partial charge in [0, 0.05) is 7.11 Å². The van der Waals surface area contributed by atoms with E-state index >= 15 is 0 Å². The van der Waals surface area contributed by atoms with E-state index in [1.165, 1.54) is 25.7 Å². The molecule has 0 unspecified atom stereocenters. The van der Waals surface area contributed by atoms with Gasteiger partial charge < -0.3 is 9.47 Å². The Hall–Kier alpha value is -1.90. The van der Waals surface area contributed by atoms with Gasteiger partial charge in [0.1, 0.15) is 16.5 Å². The first-order valence-electron chi connectivity index (χ1n) is 6.25. The van der Waals surface area contributed by atoms with Crippen LogP contribution in [0.15, 0.2) is 46.7 Å². The number of para-hydroxylation sites is 1. The molecule has 2 rings (SSSR count). The molecule has 1 heterocycles. The first-order chi connectivity index (χ1) is 10.5. The number of esters is 1. The van der Waals surface area contributed by atoms with Crippen molar-refractivity contribution in [3.05, 3.63) is 46.7 Å². The highest BCUT2D eigenvalue weighted by Gasteiger charge is 2.30. The van der Waals surface area contributed by atoms with Crippen molar-refractivity contribution in [1.29, 1.82) is 0 Å². The van der Waals surface area contributed by atoms with Gasteiger partial charge >= 0.3 is 5.97 Å². The molecule has 0 fully saturated rings. The minimum atomic E-state index is -3.94. The van der Waals surface area contributed by atoms with Crippen LogP contribution in [0.4, 0.5) is 5.69 Å². The van der Waals surface area contributed by atoms with Gasteiger partial charge in [-0.25, -0.2) is 17.5 Å². The number of thiophene rings is 1. The van der Waals surface area contributed by atoms with E-state index < -0.39 is 16.0 Å². The summed E-state index contributed by atoms with van der Waals surface area (Å²) < 4.78 is 36.5. The Balaban J connectivity index is 2.52. The largest absolute Gasteiger partial charge is 0.465 e. The lowest BCUT2D eigenvalue weighted by atomic mass is 10.3. The first kappa shape index (κ1) is 16.5. The molecule has 0 saturated carbocycles. The Labute approximate surface area is 132 Å². The zero-order chi connectivity index (χ0) is 16.2. The number of sulfonamides is 1. The summed E-state index contributed by atoms with van der Waals surface area (Å²) >= 11 is 1.02. The van der Waals surface area contributed by atoms with Gasteiger partial charge in [-0.05, 0) is 23.6 Å². The molecule has 1 aromatic heterocycles. The van der Waals surface area contributed by atoms with Crippen LogP contribution in [0.3, 0.4) is 0 Å². The fourth-order valence-corrected chi connectivity index (χ4v) is 4.54. The van der Waals surface area contributed by atoms with E-state index in [0.717, 1.165) is 15.6 Å². The lowest BCUT2D eigenvalue weighted by Gasteiger charge is -2.23. The highest BCUT2D eigenvalue weighted by Crippen LogP contribution is 2.29. The topological polar surface area (TPSA) is 72.9 Å². The minimum absolute atomic E-state index is 0.0412. The van der Waals surface area contributed by atoms with Crippen molar-refractivity contribution < 1.29 is 22.7 Å². The van der Waals surface area contributed by atoms with E-state index in [1.54, 1.807) is 30.3 Å². The molecule has 0 amide bonds. The van der Waals surface area contributed by atoms with Gasteiger partial charge in [0.05, 0.1) is 12.8 Å². The Morgan fingerprint density at radius 1 is 1.18 bits per heavy atom. The molecule has 118 valence electrons. The maximum absolute atomic E-state index is 12.9. The number of hydrogen-bond acceptors (Lipinski definition) is 6. The lowest BCUT2D eigenvalue weighted by Crippen LogP contribution is -2.33. The number of methoxy groups -OCH3 is 2. The number of ether oxygens (including phenoxy) is 2. The Kier molecular flexibility index (Phi) is 5.17. The van der Waals surface area contributed by atoms with Crippen molar-refractivity contribution in [2.45, 2.75) is 4.90 Å². The first-order valence-corrected chi connectivity index (χ1v) is 8.57. The molecule has 0 spiro atoms. The van der Waals surface area contributed by atoms with Crippen LogP contribution in [0.2, 0.25) is 0 Å². The molecule has 0 radical (unpaired) electrons. The van der Waals surface area contributed by atoms with Gasteiger partial charge in [0.25, 0.3) is 10.0 Å². The Bertz CT molecular complexity index is 740. The number of rotatable bonds is 6. The highest BCUT2D eigenvalue weighted by molar-refractivity contribution is 7.93.